The first-order valence-electron chi connectivity index (χ1n) is 9.92. The number of amides is 1. The predicted octanol–water partition coefficient (Wildman–Crippen LogP) is 4.49. The van der Waals surface area contributed by atoms with Crippen molar-refractivity contribution in [2.75, 3.05) is 10.6 Å². The minimum absolute atomic E-state index is 0.0443. The largest absolute Gasteiger partial charge is 0.342 e. The molecule has 29 heavy (non-hydrogen) atoms. The zero-order valence-electron chi connectivity index (χ0n) is 16.4. The monoisotopic (exact) mass is 411 g/mol. The summed E-state index contributed by atoms with van der Waals surface area (Å²) in [5, 5.41) is 6.16. The summed E-state index contributed by atoms with van der Waals surface area (Å²) < 4.78 is 29.1. The topological polar surface area (TPSA) is 87.6 Å². The molecule has 1 aliphatic heterocycles. The van der Waals surface area contributed by atoms with Gasteiger partial charge in [-0.25, -0.2) is 0 Å². The number of rotatable bonds is 5. The van der Waals surface area contributed by atoms with Gasteiger partial charge in [0.25, 0.3) is 10.0 Å². The standard InChI is InChI=1S/C22H25N3O3S/c1-16-7-6-8-17(13-16)23-21(26)15-22(11-4-5-12-22)14-20-24-18-9-2-3-10-19(18)29(27,28)25-20/h2-3,6-10,13H,4-5,11-12,14-15H2,1H3,(H,23,26)(H,24,25). The molecule has 6 nitrogen and oxygen atoms in total. The highest BCUT2D eigenvalue weighted by Gasteiger charge is 2.39. The van der Waals surface area contributed by atoms with Crippen LogP contribution in [-0.4, -0.2) is 20.2 Å². The van der Waals surface area contributed by atoms with Gasteiger partial charge in [-0.2, -0.15) is 8.42 Å². The molecule has 2 aromatic carbocycles. The molecule has 1 fully saturated rings. The normalized spacial score (nSPS) is 19.0. The summed E-state index contributed by atoms with van der Waals surface area (Å²) in [5.41, 5.74) is 2.15. The molecular weight excluding hydrogens is 386 g/mol. The quantitative estimate of drug-likeness (QED) is 0.759. The minimum Gasteiger partial charge on any atom is -0.342 e. The van der Waals surface area contributed by atoms with Crippen molar-refractivity contribution >= 4 is 33.1 Å². The first-order chi connectivity index (χ1) is 13.9. The van der Waals surface area contributed by atoms with Crippen LogP contribution < -0.4 is 10.6 Å². The summed E-state index contributed by atoms with van der Waals surface area (Å²) in [4.78, 5) is 13.0. The molecule has 7 heteroatoms. The van der Waals surface area contributed by atoms with Crippen LogP contribution in [0.4, 0.5) is 11.4 Å². The van der Waals surface area contributed by atoms with Crippen LogP contribution in [0.1, 0.15) is 44.1 Å². The number of nitrogens with zero attached hydrogens (tertiary/aromatic N) is 1. The number of hydrogen-bond donors (Lipinski definition) is 2. The van der Waals surface area contributed by atoms with Gasteiger partial charge in [-0.3, -0.25) is 4.79 Å². The molecule has 0 radical (unpaired) electrons. The number of benzene rings is 2. The highest BCUT2D eigenvalue weighted by atomic mass is 32.2. The van der Waals surface area contributed by atoms with Gasteiger partial charge < -0.3 is 10.6 Å². The van der Waals surface area contributed by atoms with E-state index in [2.05, 4.69) is 15.0 Å². The first kappa shape index (κ1) is 19.6. The molecular formula is C22H25N3O3S. The molecule has 2 aromatic rings. The summed E-state index contributed by atoms with van der Waals surface area (Å²) in [6, 6.07) is 14.5. The Labute approximate surface area is 171 Å². The number of carbonyl (C=O) groups is 1. The van der Waals surface area contributed by atoms with Crippen LogP contribution >= 0.6 is 0 Å². The number of hydrogen-bond acceptors (Lipinski definition) is 4. The van der Waals surface area contributed by atoms with Crippen molar-refractivity contribution in [3.05, 3.63) is 54.1 Å². The van der Waals surface area contributed by atoms with Gasteiger partial charge in [0.15, 0.2) is 0 Å². The lowest BCUT2D eigenvalue weighted by Gasteiger charge is -2.30. The molecule has 0 aromatic heterocycles. The van der Waals surface area contributed by atoms with E-state index in [1.165, 1.54) is 0 Å². The Kier molecular flexibility index (Phi) is 5.17. The van der Waals surface area contributed by atoms with Crippen molar-refractivity contribution in [2.45, 2.75) is 50.3 Å². The highest BCUT2D eigenvalue weighted by Crippen LogP contribution is 2.45. The number of carbonyl (C=O) groups excluding carboxylic acids is 1. The highest BCUT2D eigenvalue weighted by molar-refractivity contribution is 7.90. The molecule has 4 rings (SSSR count). The average molecular weight is 412 g/mol. The van der Waals surface area contributed by atoms with E-state index in [-0.39, 0.29) is 16.2 Å². The third-order valence-corrected chi connectivity index (χ3v) is 7.09. The fourth-order valence-corrected chi connectivity index (χ4v) is 5.55. The van der Waals surface area contributed by atoms with Crippen molar-refractivity contribution in [3.8, 4) is 0 Å². The van der Waals surface area contributed by atoms with Crippen LogP contribution in [0.15, 0.2) is 57.8 Å². The maximum absolute atomic E-state index is 12.8. The maximum Gasteiger partial charge on any atom is 0.286 e. The second kappa shape index (κ2) is 7.63. The number of aryl methyl sites for hydroxylation is 1. The van der Waals surface area contributed by atoms with Gasteiger partial charge in [0.2, 0.25) is 5.91 Å². The number of amidine groups is 1. The van der Waals surface area contributed by atoms with Crippen LogP contribution in [0.3, 0.4) is 0 Å². The van der Waals surface area contributed by atoms with Crippen LogP contribution in [0.25, 0.3) is 0 Å². The van der Waals surface area contributed by atoms with Crippen LogP contribution in [0.2, 0.25) is 0 Å². The second-order valence-corrected chi connectivity index (χ2v) is 9.69. The lowest BCUT2D eigenvalue weighted by Crippen LogP contribution is -2.32. The summed E-state index contributed by atoms with van der Waals surface area (Å²) >= 11 is 0. The van der Waals surface area contributed by atoms with Crippen LogP contribution in [-0.2, 0) is 14.8 Å². The molecule has 1 heterocycles. The van der Waals surface area contributed by atoms with Crippen molar-refractivity contribution in [1.29, 1.82) is 0 Å². The molecule has 1 saturated carbocycles. The van der Waals surface area contributed by atoms with E-state index in [4.69, 9.17) is 0 Å². The average Bonchev–Trinajstić information content (AvgIpc) is 3.08. The maximum atomic E-state index is 12.8. The van der Waals surface area contributed by atoms with E-state index >= 15 is 0 Å². The van der Waals surface area contributed by atoms with Crippen LogP contribution in [0.5, 0.6) is 0 Å². The number of fused-ring (bicyclic) bond motifs is 1. The van der Waals surface area contributed by atoms with Gasteiger partial charge in [-0.05, 0) is 55.0 Å². The van der Waals surface area contributed by atoms with Crippen molar-refractivity contribution in [1.82, 2.24) is 0 Å². The van der Waals surface area contributed by atoms with Crippen molar-refractivity contribution < 1.29 is 13.2 Å². The first-order valence-corrected chi connectivity index (χ1v) is 11.4. The van der Waals surface area contributed by atoms with Gasteiger partial charge in [-0.1, -0.05) is 37.1 Å². The Morgan fingerprint density at radius 3 is 2.66 bits per heavy atom. The second-order valence-electron chi connectivity index (χ2n) is 8.11. The summed E-state index contributed by atoms with van der Waals surface area (Å²) in [7, 11) is -3.72. The Morgan fingerprint density at radius 1 is 1.14 bits per heavy atom. The number of nitrogens with one attached hydrogen (secondary N) is 2. The van der Waals surface area contributed by atoms with Crippen molar-refractivity contribution in [3.63, 3.8) is 0 Å². The van der Waals surface area contributed by atoms with Crippen molar-refractivity contribution in [2.24, 2.45) is 9.81 Å². The van der Waals surface area contributed by atoms with Gasteiger partial charge in [0.1, 0.15) is 10.7 Å². The molecule has 0 unspecified atom stereocenters. The Hall–Kier alpha value is -2.67. The van der Waals surface area contributed by atoms with E-state index < -0.39 is 10.0 Å². The SMILES string of the molecule is Cc1cccc(NC(=O)CC2(CC3=NS(=O)(=O)c4ccccc4N3)CCCC2)c1. The summed E-state index contributed by atoms with van der Waals surface area (Å²) in [6.07, 6.45) is 4.64. The Balaban J connectivity index is 1.52. The molecule has 1 aliphatic carbocycles. The molecule has 0 bridgehead atoms. The molecule has 0 atom stereocenters. The van der Waals surface area contributed by atoms with E-state index in [1.54, 1.807) is 24.3 Å². The van der Waals surface area contributed by atoms with Gasteiger partial charge in [0.05, 0.1) is 5.69 Å². The van der Waals surface area contributed by atoms with Crippen LogP contribution in [0, 0.1) is 12.3 Å². The Bertz CT molecular complexity index is 1070. The lowest BCUT2D eigenvalue weighted by molar-refractivity contribution is -0.118. The zero-order chi connectivity index (χ0) is 20.5. The van der Waals surface area contributed by atoms with Gasteiger partial charge in [0, 0.05) is 18.5 Å². The molecule has 0 saturated heterocycles. The molecule has 2 aliphatic rings. The Morgan fingerprint density at radius 2 is 1.90 bits per heavy atom. The van der Waals surface area contributed by atoms with Gasteiger partial charge >= 0.3 is 0 Å². The smallest absolute Gasteiger partial charge is 0.286 e. The molecule has 152 valence electrons. The van der Waals surface area contributed by atoms with E-state index in [9.17, 15) is 13.2 Å². The number of anilines is 2. The number of sulfonamides is 1. The zero-order valence-corrected chi connectivity index (χ0v) is 17.3. The van der Waals surface area contributed by atoms with E-state index in [1.807, 2.05) is 31.2 Å². The predicted molar refractivity (Wildman–Crippen MR) is 115 cm³/mol. The number of para-hydroxylation sites is 1. The summed E-state index contributed by atoms with van der Waals surface area (Å²) in [5.74, 6) is 0.381. The minimum atomic E-state index is -3.72. The third kappa shape index (κ3) is 4.34. The molecule has 0 spiro atoms. The van der Waals surface area contributed by atoms with E-state index in [0.717, 1.165) is 36.9 Å². The lowest BCUT2D eigenvalue weighted by atomic mass is 9.78. The molecule has 1 amide bonds. The fourth-order valence-electron chi connectivity index (χ4n) is 4.41. The summed E-state index contributed by atoms with van der Waals surface area (Å²) in [6.45, 7) is 1.99. The van der Waals surface area contributed by atoms with E-state index in [0.29, 0.717) is 24.4 Å². The van der Waals surface area contributed by atoms with Gasteiger partial charge in [-0.15, -0.1) is 4.40 Å². The fraction of sp³-hybridized carbons (Fsp3) is 0.364. The third-order valence-electron chi connectivity index (χ3n) is 5.72. The molecule has 2 N–H and O–H groups in total.